The van der Waals surface area contributed by atoms with Gasteiger partial charge in [-0.15, -0.1) is 16.4 Å². The van der Waals surface area contributed by atoms with Gasteiger partial charge in [0.05, 0.1) is 10.7 Å². The molecule has 2 aromatic rings. The Labute approximate surface area is 86.6 Å². The molecule has 0 atom stereocenters. The maximum Gasteiger partial charge on any atom is 0.0946 e. The summed E-state index contributed by atoms with van der Waals surface area (Å²) in [6.07, 6.45) is 4.79. The Morgan fingerprint density at radius 1 is 1.43 bits per heavy atom. The molecule has 0 aliphatic carbocycles. The molecule has 0 saturated carbocycles. The summed E-state index contributed by atoms with van der Waals surface area (Å²) in [5.41, 5.74) is 0.959. The van der Waals surface area contributed by atoms with Crippen LogP contribution in [0.3, 0.4) is 0 Å². The zero-order valence-corrected chi connectivity index (χ0v) is 9.08. The van der Waals surface area contributed by atoms with E-state index in [1.807, 2.05) is 24.0 Å². The molecule has 14 heavy (non-hydrogen) atoms. The molecule has 2 aromatic heterocycles. The van der Waals surface area contributed by atoms with Gasteiger partial charge < -0.3 is 0 Å². The first-order chi connectivity index (χ1) is 6.74. The van der Waals surface area contributed by atoms with Gasteiger partial charge in [-0.2, -0.15) is 0 Å². The molecule has 0 radical (unpaired) electrons. The van der Waals surface area contributed by atoms with Gasteiger partial charge in [0.25, 0.3) is 0 Å². The minimum Gasteiger partial charge on any atom is -0.252 e. The van der Waals surface area contributed by atoms with E-state index in [9.17, 15) is 0 Å². The number of hydrogen-bond acceptors (Lipinski definition) is 4. The molecule has 0 saturated heterocycles. The summed E-state index contributed by atoms with van der Waals surface area (Å²) in [5.74, 6) is 0. The monoisotopic (exact) mass is 208 g/mol. The van der Waals surface area contributed by atoms with Crippen molar-refractivity contribution in [2.24, 2.45) is 0 Å². The number of hydrogen-bond donors (Lipinski definition) is 0. The van der Waals surface area contributed by atoms with Crippen molar-refractivity contribution in [3.05, 3.63) is 28.0 Å². The lowest BCUT2D eigenvalue weighted by Crippen LogP contribution is -2.01. The van der Waals surface area contributed by atoms with Crippen LogP contribution >= 0.6 is 11.3 Å². The number of rotatable bonds is 3. The zero-order chi connectivity index (χ0) is 9.97. The van der Waals surface area contributed by atoms with Crippen molar-refractivity contribution < 1.29 is 0 Å². The van der Waals surface area contributed by atoms with Gasteiger partial charge >= 0.3 is 0 Å². The fourth-order valence-electron chi connectivity index (χ4n) is 1.23. The number of aromatic nitrogens is 4. The van der Waals surface area contributed by atoms with E-state index in [0.717, 1.165) is 23.7 Å². The van der Waals surface area contributed by atoms with Gasteiger partial charge in [0.2, 0.25) is 0 Å². The second kappa shape index (κ2) is 3.88. The maximum absolute atomic E-state index is 4.29. The Morgan fingerprint density at radius 2 is 2.29 bits per heavy atom. The highest BCUT2D eigenvalue weighted by Gasteiger charge is 2.00. The first-order valence-electron chi connectivity index (χ1n) is 4.52. The average molecular weight is 208 g/mol. The van der Waals surface area contributed by atoms with Gasteiger partial charge in [-0.25, -0.2) is 4.98 Å². The third-order valence-electron chi connectivity index (χ3n) is 1.88. The van der Waals surface area contributed by atoms with E-state index in [-0.39, 0.29) is 0 Å². The molecule has 0 fully saturated rings. The van der Waals surface area contributed by atoms with Gasteiger partial charge in [0.15, 0.2) is 0 Å². The van der Waals surface area contributed by atoms with Gasteiger partial charge in [-0.05, 0) is 13.8 Å². The molecular formula is C9H12N4S. The maximum atomic E-state index is 4.29. The van der Waals surface area contributed by atoms with Gasteiger partial charge in [-0.3, -0.25) is 4.68 Å². The highest BCUT2D eigenvalue weighted by atomic mass is 32.1. The Bertz CT molecular complexity index is 378. The van der Waals surface area contributed by atoms with Crippen molar-refractivity contribution in [2.75, 3.05) is 0 Å². The predicted molar refractivity (Wildman–Crippen MR) is 55.3 cm³/mol. The van der Waals surface area contributed by atoms with Crippen LogP contribution in [-0.2, 0) is 13.0 Å². The third kappa shape index (κ3) is 2.17. The van der Waals surface area contributed by atoms with Crippen LogP contribution in [-0.4, -0.2) is 20.0 Å². The Kier molecular flexibility index (Phi) is 2.58. The summed E-state index contributed by atoms with van der Waals surface area (Å²) in [6.45, 7) is 4.87. The van der Waals surface area contributed by atoms with Crippen molar-refractivity contribution in [2.45, 2.75) is 26.8 Å². The Morgan fingerprint density at radius 3 is 2.86 bits per heavy atom. The summed E-state index contributed by atoms with van der Waals surface area (Å²) in [7, 11) is 0. The molecule has 74 valence electrons. The second-order valence-electron chi connectivity index (χ2n) is 3.24. The fraction of sp³-hybridized carbons (Fsp3) is 0.444. The predicted octanol–water partition coefficient (Wildman–Crippen LogP) is 1.59. The molecule has 0 spiro atoms. The highest BCUT2D eigenvalue weighted by molar-refractivity contribution is 7.11. The van der Waals surface area contributed by atoms with E-state index in [1.54, 1.807) is 11.3 Å². The smallest absolute Gasteiger partial charge is 0.0946 e. The van der Waals surface area contributed by atoms with E-state index < -0.39 is 0 Å². The Hall–Kier alpha value is -1.23. The van der Waals surface area contributed by atoms with Crippen molar-refractivity contribution in [1.29, 1.82) is 0 Å². The van der Waals surface area contributed by atoms with Gasteiger partial charge in [0, 0.05) is 30.2 Å². The quantitative estimate of drug-likeness (QED) is 0.769. The first-order valence-corrected chi connectivity index (χ1v) is 5.34. The van der Waals surface area contributed by atoms with Crippen LogP contribution in [0.15, 0.2) is 12.4 Å². The highest BCUT2D eigenvalue weighted by Crippen LogP contribution is 2.11. The Balaban J connectivity index is 1.94. The fourth-order valence-corrected chi connectivity index (χ4v) is 2.01. The molecular weight excluding hydrogens is 196 g/mol. The normalized spacial score (nSPS) is 10.7. The van der Waals surface area contributed by atoms with Crippen LogP contribution in [0.5, 0.6) is 0 Å². The molecule has 0 aliphatic rings. The van der Waals surface area contributed by atoms with Crippen LogP contribution in [0.25, 0.3) is 0 Å². The number of aryl methyl sites for hydroxylation is 4. The summed E-state index contributed by atoms with van der Waals surface area (Å²) in [5, 5.41) is 9.07. The molecule has 2 rings (SSSR count). The summed E-state index contributed by atoms with van der Waals surface area (Å²) in [6, 6.07) is 0. The minimum atomic E-state index is 0.855. The van der Waals surface area contributed by atoms with Crippen molar-refractivity contribution in [1.82, 2.24) is 20.0 Å². The molecule has 0 amide bonds. The average Bonchev–Trinajstić information content (AvgIpc) is 2.72. The molecule has 0 aliphatic heterocycles. The van der Waals surface area contributed by atoms with E-state index in [1.165, 1.54) is 4.88 Å². The summed E-state index contributed by atoms with van der Waals surface area (Å²) in [4.78, 5) is 5.55. The van der Waals surface area contributed by atoms with E-state index >= 15 is 0 Å². The van der Waals surface area contributed by atoms with Gasteiger partial charge in [-0.1, -0.05) is 5.21 Å². The molecule has 5 heteroatoms. The summed E-state index contributed by atoms with van der Waals surface area (Å²) < 4.78 is 1.85. The summed E-state index contributed by atoms with van der Waals surface area (Å²) >= 11 is 1.74. The lowest BCUT2D eigenvalue weighted by molar-refractivity contribution is 0.588. The lowest BCUT2D eigenvalue weighted by Gasteiger charge is -1.95. The number of nitrogens with zero attached hydrogens (tertiary/aromatic N) is 4. The third-order valence-corrected chi connectivity index (χ3v) is 2.85. The number of thiazole rings is 1. The van der Waals surface area contributed by atoms with Crippen molar-refractivity contribution in [3.8, 4) is 0 Å². The molecule has 0 N–H and O–H groups in total. The molecule has 0 bridgehead atoms. The minimum absolute atomic E-state index is 0.855. The van der Waals surface area contributed by atoms with Crippen LogP contribution < -0.4 is 0 Å². The first kappa shape index (κ1) is 9.33. The zero-order valence-electron chi connectivity index (χ0n) is 8.27. The SMILES string of the molecule is Cc1cn(CCc2ncc(C)s2)nn1. The van der Waals surface area contributed by atoms with Crippen LogP contribution in [0.4, 0.5) is 0 Å². The largest absolute Gasteiger partial charge is 0.252 e. The van der Waals surface area contributed by atoms with Crippen LogP contribution in [0.2, 0.25) is 0 Å². The molecule has 0 unspecified atom stereocenters. The van der Waals surface area contributed by atoms with Crippen molar-refractivity contribution >= 4 is 11.3 Å². The standard InChI is InChI=1S/C9H12N4S/c1-7-6-13(12-11-7)4-3-9-10-5-8(2)14-9/h5-6H,3-4H2,1-2H3. The molecule has 0 aromatic carbocycles. The van der Waals surface area contributed by atoms with Crippen LogP contribution in [0.1, 0.15) is 15.6 Å². The van der Waals surface area contributed by atoms with Gasteiger partial charge in [0.1, 0.15) is 0 Å². The van der Waals surface area contributed by atoms with Crippen molar-refractivity contribution in [3.63, 3.8) is 0 Å². The van der Waals surface area contributed by atoms with E-state index in [4.69, 9.17) is 0 Å². The van der Waals surface area contributed by atoms with E-state index in [0.29, 0.717) is 0 Å². The molecule has 4 nitrogen and oxygen atoms in total. The van der Waals surface area contributed by atoms with E-state index in [2.05, 4.69) is 22.2 Å². The topological polar surface area (TPSA) is 43.6 Å². The molecule has 2 heterocycles. The lowest BCUT2D eigenvalue weighted by atomic mass is 10.4. The second-order valence-corrected chi connectivity index (χ2v) is 4.56. The van der Waals surface area contributed by atoms with Crippen LogP contribution in [0, 0.1) is 13.8 Å².